The standard InChI is InChI=1S/C14H15F3N2S/c1-3-18-9(2)10-4-6-11(7-5-10)12-8-19-13(20-12)14(15,16)17/h4-9,18H,3H2,1-2H3. The van der Waals surface area contributed by atoms with E-state index in [2.05, 4.69) is 10.3 Å². The Balaban J connectivity index is 2.20. The van der Waals surface area contributed by atoms with Gasteiger partial charge in [0, 0.05) is 12.2 Å². The van der Waals surface area contributed by atoms with Crippen LogP contribution in [0.15, 0.2) is 30.5 Å². The van der Waals surface area contributed by atoms with Crippen LogP contribution in [0.1, 0.15) is 30.5 Å². The van der Waals surface area contributed by atoms with Crippen molar-refractivity contribution >= 4 is 11.3 Å². The first-order chi connectivity index (χ1) is 9.41. The van der Waals surface area contributed by atoms with Gasteiger partial charge in [0.15, 0.2) is 5.01 Å². The Morgan fingerprint density at radius 3 is 2.40 bits per heavy atom. The molecule has 6 heteroatoms. The van der Waals surface area contributed by atoms with Gasteiger partial charge in [-0.05, 0) is 24.6 Å². The molecule has 0 amide bonds. The number of hydrogen-bond donors (Lipinski definition) is 1. The topological polar surface area (TPSA) is 24.9 Å². The van der Waals surface area contributed by atoms with Crippen molar-refractivity contribution < 1.29 is 13.2 Å². The second kappa shape index (κ2) is 5.93. The number of hydrogen-bond acceptors (Lipinski definition) is 3. The molecule has 0 aliphatic heterocycles. The first kappa shape index (κ1) is 15.0. The lowest BCUT2D eigenvalue weighted by Crippen LogP contribution is -2.17. The van der Waals surface area contributed by atoms with E-state index in [9.17, 15) is 13.2 Å². The first-order valence-electron chi connectivity index (χ1n) is 6.28. The number of benzene rings is 1. The summed E-state index contributed by atoms with van der Waals surface area (Å²) in [6, 6.07) is 7.74. The Labute approximate surface area is 119 Å². The zero-order chi connectivity index (χ0) is 14.8. The van der Waals surface area contributed by atoms with Gasteiger partial charge in [0.25, 0.3) is 0 Å². The number of aromatic nitrogens is 1. The fourth-order valence-electron chi connectivity index (χ4n) is 1.90. The molecule has 0 bridgehead atoms. The zero-order valence-electron chi connectivity index (χ0n) is 11.2. The maximum absolute atomic E-state index is 12.5. The third-order valence-corrected chi connectivity index (χ3v) is 4.04. The molecule has 1 atom stereocenters. The number of rotatable bonds is 4. The van der Waals surface area contributed by atoms with E-state index in [1.807, 2.05) is 38.1 Å². The van der Waals surface area contributed by atoms with Crippen molar-refractivity contribution in [1.82, 2.24) is 10.3 Å². The lowest BCUT2D eigenvalue weighted by Gasteiger charge is -2.12. The predicted octanol–water partition coefficient (Wildman–Crippen LogP) is 4.50. The van der Waals surface area contributed by atoms with E-state index in [0.717, 1.165) is 17.7 Å². The fourth-order valence-corrected chi connectivity index (χ4v) is 2.69. The van der Waals surface area contributed by atoms with Crippen molar-refractivity contribution in [2.75, 3.05) is 6.54 Å². The van der Waals surface area contributed by atoms with E-state index in [1.165, 1.54) is 6.20 Å². The van der Waals surface area contributed by atoms with E-state index in [1.54, 1.807) is 0 Å². The maximum Gasteiger partial charge on any atom is 0.443 e. The molecule has 1 aromatic heterocycles. The molecule has 0 saturated carbocycles. The molecule has 0 aliphatic carbocycles. The molecule has 1 N–H and O–H groups in total. The molecule has 0 spiro atoms. The van der Waals surface area contributed by atoms with Gasteiger partial charge in [-0.1, -0.05) is 31.2 Å². The summed E-state index contributed by atoms with van der Waals surface area (Å²) in [5.41, 5.74) is 1.86. The molecule has 1 aromatic carbocycles. The molecular formula is C14H15F3N2S. The van der Waals surface area contributed by atoms with Gasteiger partial charge in [-0.25, -0.2) is 4.98 Å². The molecule has 1 unspecified atom stereocenters. The van der Waals surface area contributed by atoms with Crippen LogP contribution in [0.25, 0.3) is 10.4 Å². The van der Waals surface area contributed by atoms with Crippen molar-refractivity contribution in [3.63, 3.8) is 0 Å². The first-order valence-corrected chi connectivity index (χ1v) is 7.10. The average Bonchev–Trinajstić information content (AvgIpc) is 2.89. The van der Waals surface area contributed by atoms with Gasteiger partial charge in [-0.3, -0.25) is 0 Å². The highest BCUT2D eigenvalue weighted by Crippen LogP contribution is 2.36. The third-order valence-electron chi connectivity index (χ3n) is 2.95. The van der Waals surface area contributed by atoms with Gasteiger partial charge in [-0.2, -0.15) is 13.2 Å². The summed E-state index contributed by atoms with van der Waals surface area (Å²) in [5, 5.41) is 2.48. The minimum atomic E-state index is -4.37. The minimum Gasteiger partial charge on any atom is -0.310 e. The van der Waals surface area contributed by atoms with Gasteiger partial charge in [0.1, 0.15) is 0 Å². The van der Waals surface area contributed by atoms with E-state index in [-0.39, 0.29) is 6.04 Å². The highest BCUT2D eigenvalue weighted by atomic mass is 32.1. The lowest BCUT2D eigenvalue weighted by atomic mass is 10.1. The monoisotopic (exact) mass is 300 g/mol. The SMILES string of the molecule is CCNC(C)c1ccc(-c2cnc(C(F)(F)F)s2)cc1. The summed E-state index contributed by atoms with van der Waals surface area (Å²) < 4.78 is 37.5. The van der Waals surface area contributed by atoms with Crippen molar-refractivity contribution in [1.29, 1.82) is 0 Å². The summed E-state index contributed by atoms with van der Waals surface area (Å²) in [6.07, 6.45) is -3.10. The van der Waals surface area contributed by atoms with Crippen LogP contribution in [-0.2, 0) is 6.18 Å². The van der Waals surface area contributed by atoms with Crippen LogP contribution in [0, 0.1) is 0 Å². The van der Waals surface area contributed by atoms with Crippen LogP contribution >= 0.6 is 11.3 Å². The van der Waals surface area contributed by atoms with Crippen molar-refractivity contribution in [2.24, 2.45) is 0 Å². The molecular weight excluding hydrogens is 285 g/mol. The highest BCUT2D eigenvalue weighted by molar-refractivity contribution is 7.15. The van der Waals surface area contributed by atoms with Gasteiger partial charge < -0.3 is 5.32 Å². The number of nitrogens with one attached hydrogen (secondary N) is 1. The Bertz CT molecular complexity index is 561. The summed E-state index contributed by atoms with van der Waals surface area (Å²) in [4.78, 5) is 3.96. The summed E-state index contributed by atoms with van der Waals surface area (Å²) in [5.74, 6) is 0. The second-order valence-electron chi connectivity index (χ2n) is 4.43. The van der Waals surface area contributed by atoms with E-state index in [4.69, 9.17) is 0 Å². The molecule has 0 radical (unpaired) electrons. The van der Waals surface area contributed by atoms with Gasteiger partial charge in [0.2, 0.25) is 0 Å². The van der Waals surface area contributed by atoms with Crippen LogP contribution < -0.4 is 5.32 Å². The molecule has 0 aliphatic rings. The van der Waals surface area contributed by atoms with Crippen LogP contribution in [-0.4, -0.2) is 11.5 Å². The minimum absolute atomic E-state index is 0.223. The van der Waals surface area contributed by atoms with E-state index < -0.39 is 11.2 Å². The van der Waals surface area contributed by atoms with Crippen LogP contribution in [0.4, 0.5) is 13.2 Å². The highest BCUT2D eigenvalue weighted by Gasteiger charge is 2.34. The predicted molar refractivity (Wildman–Crippen MR) is 74.6 cm³/mol. The molecule has 1 heterocycles. The smallest absolute Gasteiger partial charge is 0.310 e. The summed E-state index contributed by atoms with van der Waals surface area (Å²) in [7, 11) is 0. The van der Waals surface area contributed by atoms with E-state index >= 15 is 0 Å². The number of thiazole rings is 1. The molecule has 0 saturated heterocycles. The summed E-state index contributed by atoms with van der Waals surface area (Å²) >= 11 is 0.666. The molecule has 2 nitrogen and oxygen atoms in total. The molecule has 20 heavy (non-hydrogen) atoms. The molecule has 0 fully saturated rings. The largest absolute Gasteiger partial charge is 0.443 e. The fraction of sp³-hybridized carbons (Fsp3) is 0.357. The average molecular weight is 300 g/mol. The number of halogens is 3. The Kier molecular flexibility index (Phi) is 4.45. The van der Waals surface area contributed by atoms with Gasteiger partial charge in [0.05, 0.1) is 4.88 Å². The summed E-state index contributed by atoms with van der Waals surface area (Å²) in [6.45, 7) is 4.94. The number of nitrogens with zero attached hydrogens (tertiary/aromatic N) is 1. The van der Waals surface area contributed by atoms with E-state index in [0.29, 0.717) is 16.2 Å². The Morgan fingerprint density at radius 1 is 1.25 bits per heavy atom. The van der Waals surface area contributed by atoms with Crippen molar-refractivity contribution in [3.05, 3.63) is 41.0 Å². The van der Waals surface area contributed by atoms with Gasteiger partial charge >= 0.3 is 6.18 Å². The number of alkyl halides is 3. The third kappa shape index (κ3) is 3.37. The second-order valence-corrected chi connectivity index (χ2v) is 5.46. The Hall–Kier alpha value is -1.40. The van der Waals surface area contributed by atoms with Crippen molar-refractivity contribution in [3.8, 4) is 10.4 Å². The Morgan fingerprint density at radius 2 is 1.90 bits per heavy atom. The molecule has 108 valence electrons. The molecule has 2 rings (SSSR count). The quantitative estimate of drug-likeness (QED) is 0.899. The normalized spacial score (nSPS) is 13.4. The van der Waals surface area contributed by atoms with Crippen LogP contribution in [0.5, 0.6) is 0 Å². The van der Waals surface area contributed by atoms with Gasteiger partial charge in [-0.15, -0.1) is 11.3 Å². The maximum atomic E-state index is 12.5. The van der Waals surface area contributed by atoms with Crippen LogP contribution in [0.2, 0.25) is 0 Å². The van der Waals surface area contributed by atoms with Crippen molar-refractivity contribution in [2.45, 2.75) is 26.1 Å². The van der Waals surface area contributed by atoms with Crippen LogP contribution in [0.3, 0.4) is 0 Å². The molecule has 2 aromatic rings. The zero-order valence-corrected chi connectivity index (χ0v) is 12.0. The lowest BCUT2D eigenvalue weighted by molar-refractivity contribution is -0.137.